The van der Waals surface area contributed by atoms with Crippen LogP contribution >= 0.6 is 11.8 Å². The van der Waals surface area contributed by atoms with Crippen LogP contribution in [0.15, 0.2) is 15.9 Å². The summed E-state index contributed by atoms with van der Waals surface area (Å²) in [7, 11) is 0. The van der Waals surface area contributed by atoms with Crippen molar-refractivity contribution in [3.8, 4) is 0 Å². The molecular weight excluding hydrogens is 220 g/mol. The molecule has 0 aliphatic heterocycles. The smallest absolute Gasteiger partial charge is 0.256 e. The lowest BCUT2D eigenvalue weighted by Gasteiger charge is -2.16. The normalized spacial score (nSPS) is 15.0. The third-order valence-corrected chi connectivity index (χ3v) is 3.31. The molecule has 0 aromatic carbocycles. The van der Waals surface area contributed by atoms with Crippen molar-refractivity contribution in [3.05, 3.63) is 12.0 Å². The molecule has 0 saturated carbocycles. The topological polar surface area (TPSA) is 38.1 Å². The highest BCUT2D eigenvalue weighted by Gasteiger charge is 2.12. The van der Waals surface area contributed by atoms with Crippen molar-refractivity contribution >= 4 is 11.8 Å². The molecule has 0 spiro atoms. The van der Waals surface area contributed by atoms with E-state index in [1.807, 2.05) is 6.92 Å². The molecule has 0 aliphatic rings. The Morgan fingerprint density at radius 3 is 2.81 bits per heavy atom. The van der Waals surface area contributed by atoms with Crippen molar-refractivity contribution in [1.82, 2.24) is 10.3 Å². The monoisotopic (exact) mass is 242 g/mol. The van der Waals surface area contributed by atoms with Gasteiger partial charge in [0.25, 0.3) is 5.22 Å². The first-order valence-electron chi connectivity index (χ1n) is 5.94. The Kier molecular flexibility index (Phi) is 5.91. The Labute approximate surface area is 102 Å². The van der Waals surface area contributed by atoms with Crippen LogP contribution in [0.1, 0.15) is 39.3 Å². The van der Waals surface area contributed by atoms with E-state index in [1.54, 1.807) is 18.0 Å². The molecule has 0 aliphatic carbocycles. The average molecular weight is 242 g/mol. The largest absolute Gasteiger partial charge is 0.440 e. The molecule has 2 unspecified atom stereocenters. The predicted octanol–water partition coefficient (Wildman–Crippen LogP) is 3.24. The molecule has 1 N–H and O–H groups in total. The van der Waals surface area contributed by atoms with E-state index in [0.717, 1.165) is 23.9 Å². The van der Waals surface area contributed by atoms with Crippen LogP contribution in [0, 0.1) is 6.92 Å². The summed E-state index contributed by atoms with van der Waals surface area (Å²) < 4.78 is 5.33. The molecule has 0 saturated heterocycles. The Hall–Kier alpha value is -0.480. The minimum atomic E-state index is 0.525. The van der Waals surface area contributed by atoms with E-state index in [-0.39, 0.29) is 0 Å². The molecule has 0 bridgehead atoms. The lowest BCUT2D eigenvalue weighted by atomic mass is 10.2. The average Bonchev–Trinajstić information content (AvgIpc) is 2.60. The predicted molar refractivity (Wildman–Crippen MR) is 68.9 cm³/mol. The summed E-state index contributed by atoms with van der Waals surface area (Å²) in [6, 6.07) is 0.554. The van der Waals surface area contributed by atoms with Crippen LogP contribution in [-0.4, -0.2) is 22.8 Å². The van der Waals surface area contributed by atoms with E-state index in [4.69, 9.17) is 4.42 Å². The van der Waals surface area contributed by atoms with Gasteiger partial charge in [-0.15, -0.1) is 0 Å². The fraction of sp³-hybridized carbons (Fsp3) is 0.750. The third-order valence-electron chi connectivity index (χ3n) is 2.33. The number of aromatic nitrogens is 1. The minimum absolute atomic E-state index is 0.525. The first kappa shape index (κ1) is 13.6. The highest BCUT2D eigenvalue weighted by atomic mass is 32.2. The van der Waals surface area contributed by atoms with Gasteiger partial charge in [-0.2, -0.15) is 0 Å². The maximum Gasteiger partial charge on any atom is 0.256 e. The van der Waals surface area contributed by atoms with Gasteiger partial charge >= 0.3 is 0 Å². The fourth-order valence-electron chi connectivity index (χ4n) is 1.58. The summed E-state index contributed by atoms with van der Waals surface area (Å²) in [6.07, 6.45) is 4.02. The molecule has 3 nitrogen and oxygen atoms in total. The molecule has 92 valence electrons. The van der Waals surface area contributed by atoms with Crippen molar-refractivity contribution in [3.63, 3.8) is 0 Å². The molecule has 1 aromatic heterocycles. The van der Waals surface area contributed by atoms with Gasteiger partial charge in [-0.25, -0.2) is 4.98 Å². The van der Waals surface area contributed by atoms with Gasteiger partial charge in [0.05, 0.1) is 5.69 Å². The van der Waals surface area contributed by atoms with Crippen LogP contribution in [0.25, 0.3) is 0 Å². The standard InChI is InChI=1S/C12H22N2OS/c1-5-6-13-9(2)7-11(4)16-12-14-10(3)8-15-12/h8-9,11,13H,5-7H2,1-4H3. The van der Waals surface area contributed by atoms with E-state index in [9.17, 15) is 0 Å². The number of hydrogen-bond acceptors (Lipinski definition) is 4. The quantitative estimate of drug-likeness (QED) is 0.745. The summed E-state index contributed by atoms with van der Waals surface area (Å²) in [6.45, 7) is 9.68. The highest BCUT2D eigenvalue weighted by molar-refractivity contribution is 7.99. The molecule has 0 amide bonds. The van der Waals surface area contributed by atoms with E-state index < -0.39 is 0 Å². The Morgan fingerprint density at radius 2 is 2.25 bits per heavy atom. The van der Waals surface area contributed by atoms with Gasteiger partial charge in [0, 0.05) is 11.3 Å². The van der Waals surface area contributed by atoms with Crippen LogP contribution < -0.4 is 5.32 Å². The van der Waals surface area contributed by atoms with Crippen molar-refractivity contribution in [2.45, 2.75) is 57.1 Å². The molecular formula is C12H22N2OS. The number of thioether (sulfide) groups is 1. The highest BCUT2D eigenvalue weighted by Crippen LogP contribution is 2.24. The Bertz CT molecular complexity index is 301. The molecule has 1 heterocycles. The van der Waals surface area contributed by atoms with Crippen molar-refractivity contribution in [2.75, 3.05) is 6.54 Å². The summed E-state index contributed by atoms with van der Waals surface area (Å²) in [5, 5.41) is 4.80. The molecule has 1 aromatic rings. The lowest BCUT2D eigenvalue weighted by Crippen LogP contribution is -2.29. The number of aryl methyl sites for hydroxylation is 1. The van der Waals surface area contributed by atoms with E-state index >= 15 is 0 Å². The van der Waals surface area contributed by atoms with Gasteiger partial charge in [-0.3, -0.25) is 0 Å². The summed E-state index contributed by atoms with van der Waals surface area (Å²) >= 11 is 1.71. The minimum Gasteiger partial charge on any atom is -0.440 e. The first-order valence-corrected chi connectivity index (χ1v) is 6.82. The maximum atomic E-state index is 5.33. The van der Waals surface area contributed by atoms with Gasteiger partial charge in [0.1, 0.15) is 6.26 Å². The summed E-state index contributed by atoms with van der Waals surface area (Å²) in [4.78, 5) is 4.30. The summed E-state index contributed by atoms with van der Waals surface area (Å²) in [5.74, 6) is 0. The van der Waals surface area contributed by atoms with Crippen LogP contribution in [0.2, 0.25) is 0 Å². The van der Waals surface area contributed by atoms with Crippen LogP contribution in [0.4, 0.5) is 0 Å². The van der Waals surface area contributed by atoms with E-state index in [2.05, 4.69) is 31.1 Å². The summed E-state index contributed by atoms with van der Waals surface area (Å²) in [5.41, 5.74) is 0.951. The zero-order valence-electron chi connectivity index (χ0n) is 10.6. The number of oxazole rings is 1. The molecule has 4 heteroatoms. The van der Waals surface area contributed by atoms with E-state index in [0.29, 0.717) is 11.3 Å². The number of hydrogen-bond donors (Lipinski definition) is 1. The SMILES string of the molecule is CCCNC(C)CC(C)Sc1nc(C)co1. The van der Waals surface area contributed by atoms with Gasteiger partial charge in [-0.1, -0.05) is 25.6 Å². The van der Waals surface area contributed by atoms with Gasteiger partial charge in [0.2, 0.25) is 0 Å². The third kappa shape index (κ3) is 5.03. The van der Waals surface area contributed by atoms with Gasteiger partial charge in [-0.05, 0) is 33.2 Å². The molecule has 1 rings (SSSR count). The fourth-order valence-corrected chi connectivity index (χ4v) is 2.61. The Balaban J connectivity index is 2.27. The van der Waals surface area contributed by atoms with Gasteiger partial charge < -0.3 is 9.73 Å². The van der Waals surface area contributed by atoms with E-state index in [1.165, 1.54) is 6.42 Å². The number of rotatable bonds is 7. The molecule has 0 radical (unpaired) electrons. The van der Waals surface area contributed by atoms with Gasteiger partial charge in [0.15, 0.2) is 0 Å². The second kappa shape index (κ2) is 6.97. The molecule has 2 atom stereocenters. The molecule has 0 fully saturated rings. The van der Waals surface area contributed by atoms with Crippen LogP contribution in [0.3, 0.4) is 0 Å². The maximum absolute atomic E-state index is 5.33. The van der Waals surface area contributed by atoms with Crippen molar-refractivity contribution in [2.24, 2.45) is 0 Å². The van der Waals surface area contributed by atoms with Crippen LogP contribution in [0.5, 0.6) is 0 Å². The number of nitrogens with one attached hydrogen (secondary N) is 1. The van der Waals surface area contributed by atoms with Crippen LogP contribution in [-0.2, 0) is 0 Å². The Morgan fingerprint density at radius 1 is 1.50 bits per heavy atom. The lowest BCUT2D eigenvalue weighted by molar-refractivity contribution is 0.450. The second-order valence-corrected chi connectivity index (χ2v) is 5.66. The van der Waals surface area contributed by atoms with Crippen molar-refractivity contribution < 1.29 is 4.42 Å². The number of nitrogens with zero attached hydrogens (tertiary/aromatic N) is 1. The van der Waals surface area contributed by atoms with Crippen molar-refractivity contribution in [1.29, 1.82) is 0 Å². The zero-order chi connectivity index (χ0) is 12.0. The molecule has 16 heavy (non-hydrogen) atoms. The first-order chi connectivity index (χ1) is 7.61. The zero-order valence-corrected chi connectivity index (χ0v) is 11.4. The second-order valence-electron chi connectivity index (χ2n) is 4.27.